The number of rotatable bonds is 5. The zero-order chi connectivity index (χ0) is 28.1. The van der Waals surface area contributed by atoms with Crippen molar-refractivity contribution in [2.24, 2.45) is 0 Å². The Bertz CT molecular complexity index is 1770. The van der Waals surface area contributed by atoms with Crippen molar-refractivity contribution in [1.29, 1.82) is 0 Å². The van der Waals surface area contributed by atoms with Crippen molar-refractivity contribution in [2.45, 2.75) is 19.7 Å². The Labute approximate surface area is 216 Å². The molecular formula is C27H17F4N3O5. The van der Waals surface area contributed by atoms with Crippen molar-refractivity contribution < 1.29 is 41.8 Å². The van der Waals surface area contributed by atoms with E-state index in [4.69, 9.17) is 9.52 Å². The lowest BCUT2D eigenvalue weighted by Crippen LogP contribution is -2.21. The molecule has 0 unspecified atom stereocenters. The van der Waals surface area contributed by atoms with Gasteiger partial charge in [-0.1, -0.05) is 12.1 Å². The van der Waals surface area contributed by atoms with Gasteiger partial charge in [0.15, 0.2) is 0 Å². The lowest BCUT2D eigenvalue weighted by atomic mass is 10.0. The molecule has 12 heteroatoms. The van der Waals surface area contributed by atoms with E-state index in [1.54, 1.807) is 0 Å². The number of aromatic nitrogens is 3. The molecule has 0 aliphatic carbocycles. The maximum Gasteiger partial charge on any atom is 0.417 e. The number of carbonyl (C=O) groups is 2. The summed E-state index contributed by atoms with van der Waals surface area (Å²) >= 11 is 0. The van der Waals surface area contributed by atoms with Crippen LogP contribution >= 0.6 is 0 Å². The van der Waals surface area contributed by atoms with E-state index in [9.17, 15) is 27.9 Å². The third-order valence-corrected chi connectivity index (χ3v) is 6.09. The normalized spacial score (nSPS) is 11.7. The van der Waals surface area contributed by atoms with Gasteiger partial charge in [0, 0.05) is 16.5 Å². The zero-order valence-electron chi connectivity index (χ0n) is 20.0. The molecule has 0 spiro atoms. The van der Waals surface area contributed by atoms with Crippen molar-refractivity contribution in [1.82, 2.24) is 14.8 Å². The van der Waals surface area contributed by atoms with Crippen LogP contribution in [0, 0.1) is 12.7 Å². The summed E-state index contributed by atoms with van der Waals surface area (Å²) in [5.41, 5.74) is -1.99. The van der Waals surface area contributed by atoms with Gasteiger partial charge in [0.1, 0.15) is 23.9 Å². The smallest absolute Gasteiger partial charge is 0.417 e. The average molecular weight is 539 g/mol. The van der Waals surface area contributed by atoms with E-state index >= 15 is 4.39 Å². The molecule has 0 bridgehead atoms. The number of hydrogen-bond donors (Lipinski definition) is 2. The summed E-state index contributed by atoms with van der Waals surface area (Å²) in [4.78, 5) is 29.0. The van der Waals surface area contributed by atoms with Crippen LogP contribution in [-0.2, 0) is 12.8 Å². The van der Waals surface area contributed by atoms with Crippen molar-refractivity contribution in [3.05, 3.63) is 94.6 Å². The largest absolute Gasteiger partial charge is 0.478 e. The quantitative estimate of drug-likeness (QED) is 0.275. The fraction of sp³-hybridized carbons (Fsp3) is 0.111. The second kappa shape index (κ2) is 9.48. The molecule has 39 heavy (non-hydrogen) atoms. The number of aliphatic hydroxyl groups excluding tert-OH is 1. The molecule has 0 saturated heterocycles. The van der Waals surface area contributed by atoms with Crippen LogP contribution in [0.3, 0.4) is 0 Å². The lowest BCUT2D eigenvalue weighted by Gasteiger charge is -2.14. The highest BCUT2D eigenvalue weighted by Crippen LogP contribution is 2.37. The molecule has 0 amide bonds. The van der Waals surface area contributed by atoms with Gasteiger partial charge in [0.25, 0.3) is 5.91 Å². The van der Waals surface area contributed by atoms with Gasteiger partial charge >= 0.3 is 12.1 Å². The number of benzene rings is 3. The van der Waals surface area contributed by atoms with Gasteiger partial charge in [-0.15, -0.1) is 0 Å². The average Bonchev–Trinajstić information content (AvgIpc) is 3.52. The van der Waals surface area contributed by atoms with E-state index < -0.39 is 41.6 Å². The van der Waals surface area contributed by atoms with Gasteiger partial charge < -0.3 is 14.6 Å². The van der Waals surface area contributed by atoms with Gasteiger partial charge in [0.2, 0.25) is 5.89 Å². The number of carbonyl (C=O) groups excluding carboxylic acids is 1. The van der Waals surface area contributed by atoms with Crippen molar-refractivity contribution in [3.8, 4) is 22.7 Å². The van der Waals surface area contributed by atoms with Crippen molar-refractivity contribution >= 4 is 22.8 Å². The first kappa shape index (κ1) is 25.8. The third-order valence-electron chi connectivity index (χ3n) is 6.09. The highest BCUT2D eigenvalue weighted by Gasteiger charge is 2.37. The van der Waals surface area contributed by atoms with Crippen molar-refractivity contribution in [3.63, 3.8) is 0 Å². The van der Waals surface area contributed by atoms with E-state index in [0.29, 0.717) is 5.56 Å². The van der Waals surface area contributed by atoms with Gasteiger partial charge in [-0.05, 0) is 55.0 Å². The SMILES string of the molecule is Cc1cccc(C(F)(F)F)c1C(=O)n1nc(-c2ccc(C(=O)O)cc2F)c2ccc(-c3ncc(CO)o3)cc21. The first-order chi connectivity index (χ1) is 18.5. The maximum atomic E-state index is 15.0. The predicted octanol–water partition coefficient (Wildman–Crippen LogP) is 5.70. The molecule has 2 N–H and O–H groups in total. The summed E-state index contributed by atoms with van der Waals surface area (Å²) in [5, 5.41) is 22.9. The first-order valence-electron chi connectivity index (χ1n) is 11.3. The Morgan fingerprint density at radius 3 is 2.49 bits per heavy atom. The summed E-state index contributed by atoms with van der Waals surface area (Å²) < 4.78 is 62.8. The topological polar surface area (TPSA) is 118 Å². The van der Waals surface area contributed by atoms with Crippen molar-refractivity contribution in [2.75, 3.05) is 0 Å². The monoisotopic (exact) mass is 539 g/mol. The number of fused-ring (bicyclic) bond motifs is 1. The summed E-state index contributed by atoms with van der Waals surface area (Å²) in [6.45, 7) is 0.933. The van der Waals surface area contributed by atoms with Crippen LogP contribution in [0.1, 0.15) is 37.6 Å². The zero-order valence-corrected chi connectivity index (χ0v) is 20.0. The molecule has 0 radical (unpaired) electrons. The summed E-state index contributed by atoms with van der Waals surface area (Å²) in [7, 11) is 0. The minimum Gasteiger partial charge on any atom is -0.478 e. The van der Waals surface area contributed by atoms with E-state index in [0.717, 1.165) is 22.9 Å². The minimum absolute atomic E-state index is 0.0225. The number of nitrogens with zero attached hydrogens (tertiary/aromatic N) is 3. The molecule has 2 aromatic heterocycles. The molecule has 5 aromatic rings. The predicted molar refractivity (Wildman–Crippen MR) is 129 cm³/mol. The summed E-state index contributed by atoms with van der Waals surface area (Å²) in [6.07, 6.45) is -3.55. The number of aryl methyl sites for hydroxylation is 1. The lowest BCUT2D eigenvalue weighted by molar-refractivity contribution is -0.138. The number of aromatic carboxylic acids is 1. The molecule has 2 heterocycles. The molecule has 3 aromatic carbocycles. The molecular weight excluding hydrogens is 522 g/mol. The summed E-state index contributed by atoms with van der Waals surface area (Å²) in [5.74, 6) is -3.20. The van der Waals surface area contributed by atoms with Gasteiger partial charge in [-0.25, -0.2) is 14.2 Å². The van der Waals surface area contributed by atoms with E-state index in [1.807, 2.05) is 0 Å². The maximum absolute atomic E-state index is 15.0. The Morgan fingerprint density at radius 1 is 1.08 bits per heavy atom. The highest BCUT2D eigenvalue weighted by atomic mass is 19.4. The molecule has 0 aliphatic heterocycles. The van der Waals surface area contributed by atoms with Gasteiger partial charge in [-0.2, -0.15) is 23.0 Å². The van der Waals surface area contributed by atoms with Crippen LogP contribution in [0.15, 0.2) is 65.2 Å². The van der Waals surface area contributed by atoms with E-state index in [1.165, 1.54) is 49.5 Å². The van der Waals surface area contributed by atoms with Crippen LogP contribution in [0.4, 0.5) is 17.6 Å². The Balaban J connectivity index is 1.77. The molecule has 5 rings (SSSR count). The fourth-order valence-corrected chi connectivity index (χ4v) is 4.25. The van der Waals surface area contributed by atoms with Gasteiger partial charge in [-0.3, -0.25) is 4.79 Å². The minimum atomic E-state index is -4.84. The standard InChI is InChI=1S/C27H17F4N3O5/c1-13-3-2-4-19(27(29,30)31)22(13)25(36)34-21-10-14(24-32-11-16(12-35)39-24)5-8-18(21)23(33-34)17-7-6-15(26(37)38)9-20(17)28/h2-11,35H,12H2,1H3,(H,37,38). The van der Waals surface area contributed by atoms with Crippen LogP contribution in [0.25, 0.3) is 33.6 Å². The molecule has 0 fully saturated rings. The number of halogens is 4. The summed E-state index contributed by atoms with van der Waals surface area (Å²) in [6, 6.07) is 10.8. The number of oxazole rings is 1. The molecule has 0 saturated carbocycles. The highest BCUT2D eigenvalue weighted by molar-refractivity contribution is 6.07. The molecule has 0 atom stereocenters. The van der Waals surface area contributed by atoms with E-state index in [-0.39, 0.29) is 44.9 Å². The Hall–Kier alpha value is -4.84. The van der Waals surface area contributed by atoms with E-state index in [2.05, 4.69) is 10.1 Å². The van der Waals surface area contributed by atoms with Crippen LogP contribution < -0.4 is 0 Å². The third kappa shape index (κ3) is 4.55. The van der Waals surface area contributed by atoms with Gasteiger partial charge in [0.05, 0.1) is 28.4 Å². The molecule has 0 aliphatic rings. The number of alkyl halides is 3. The second-order valence-corrected chi connectivity index (χ2v) is 8.58. The van der Waals surface area contributed by atoms with Crippen LogP contribution in [0.2, 0.25) is 0 Å². The Kier molecular flexibility index (Phi) is 6.27. The number of hydrogen-bond acceptors (Lipinski definition) is 6. The van der Waals surface area contributed by atoms with Crippen LogP contribution in [-0.4, -0.2) is 36.9 Å². The Morgan fingerprint density at radius 2 is 1.85 bits per heavy atom. The number of carboxylic acid groups (broad SMARTS) is 1. The molecule has 8 nitrogen and oxygen atoms in total. The second-order valence-electron chi connectivity index (χ2n) is 8.58. The number of carboxylic acids is 1. The number of aliphatic hydroxyl groups is 1. The fourth-order valence-electron chi connectivity index (χ4n) is 4.25. The van der Waals surface area contributed by atoms with Crippen LogP contribution in [0.5, 0.6) is 0 Å². The molecule has 198 valence electrons. The first-order valence-corrected chi connectivity index (χ1v) is 11.3.